The summed E-state index contributed by atoms with van der Waals surface area (Å²) in [6.45, 7) is 2.01. The molecule has 2 aromatic heterocycles. The first-order valence-corrected chi connectivity index (χ1v) is 7.39. The summed E-state index contributed by atoms with van der Waals surface area (Å²) in [7, 11) is 0. The van der Waals surface area contributed by atoms with Gasteiger partial charge in [-0.3, -0.25) is 9.36 Å². The van der Waals surface area contributed by atoms with Crippen molar-refractivity contribution in [2.45, 2.75) is 12.1 Å². The molecule has 0 unspecified atom stereocenters. The van der Waals surface area contributed by atoms with Crippen LogP contribution in [-0.2, 0) is 4.79 Å². The number of carboxylic acids is 1. The fraction of sp³-hybridized carbons (Fsp3) is 0.133. The lowest BCUT2D eigenvalue weighted by Gasteiger charge is -2.10. The van der Waals surface area contributed by atoms with E-state index in [0.29, 0.717) is 5.16 Å². The lowest BCUT2D eigenvalue weighted by atomic mass is 10.2. The minimum atomic E-state index is -0.864. The Hall–Kier alpha value is -2.34. The van der Waals surface area contributed by atoms with Crippen LogP contribution in [-0.4, -0.2) is 31.4 Å². The Bertz CT molecular complexity index is 814. The summed E-state index contributed by atoms with van der Waals surface area (Å²) in [4.78, 5) is 19.7. The van der Waals surface area contributed by atoms with Crippen molar-refractivity contribution in [1.29, 1.82) is 0 Å². The van der Waals surface area contributed by atoms with Crippen LogP contribution in [0.4, 0.5) is 0 Å². The second-order valence-corrected chi connectivity index (χ2v) is 5.49. The van der Waals surface area contributed by atoms with Crippen LogP contribution < -0.4 is 0 Å². The van der Waals surface area contributed by atoms with Crippen LogP contribution in [0.2, 0.25) is 0 Å². The smallest absolute Gasteiger partial charge is 0.313 e. The molecule has 21 heavy (non-hydrogen) atoms. The Morgan fingerprint density at radius 2 is 2.10 bits per heavy atom. The molecule has 0 aliphatic carbocycles. The van der Waals surface area contributed by atoms with Gasteiger partial charge in [0.05, 0.1) is 11.4 Å². The number of pyridine rings is 1. The summed E-state index contributed by atoms with van der Waals surface area (Å²) in [5, 5.41) is 9.53. The fourth-order valence-electron chi connectivity index (χ4n) is 2.15. The number of imidazole rings is 1. The summed E-state index contributed by atoms with van der Waals surface area (Å²) < 4.78 is 1.91. The molecule has 0 atom stereocenters. The van der Waals surface area contributed by atoms with Crippen molar-refractivity contribution in [1.82, 2.24) is 14.5 Å². The number of rotatable bonds is 4. The molecule has 1 N–H and O–H groups in total. The van der Waals surface area contributed by atoms with Crippen LogP contribution in [0.3, 0.4) is 0 Å². The molecular formula is C15H13N3O2S. The predicted octanol–water partition coefficient (Wildman–Crippen LogP) is 2.91. The minimum Gasteiger partial charge on any atom is -0.481 e. The molecule has 0 saturated carbocycles. The molecule has 1 aromatic carbocycles. The molecule has 0 aliphatic heterocycles. The van der Waals surface area contributed by atoms with Crippen LogP contribution in [0.15, 0.2) is 47.8 Å². The largest absolute Gasteiger partial charge is 0.481 e. The molecule has 0 spiro atoms. The molecule has 2 heterocycles. The zero-order valence-electron chi connectivity index (χ0n) is 11.4. The molecule has 0 amide bonds. The summed E-state index contributed by atoms with van der Waals surface area (Å²) in [6.07, 6.45) is 1.71. The molecule has 0 bridgehead atoms. The van der Waals surface area contributed by atoms with E-state index < -0.39 is 5.97 Å². The lowest BCUT2D eigenvalue weighted by molar-refractivity contribution is -0.133. The highest BCUT2D eigenvalue weighted by molar-refractivity contribution is 7.99. The highest BCUT2D eigenvalue weighted by atomic mass is 32.2. The van der Waals surface area contributed by atoms with Crippen molar-refractivity contribution in [3.63, 3.8) is 0 Å². The van der Waals surface area contributed by atoms with E-state index in [1.54, 1.807) is 6.20 Å². The zero-order chi connectivity index (χ0) is 14.8. The Balaban J connectivity index is 2.20. The summed E-state index contributed by atoms with van der Waals surface area (Å²) in [6, 6.07) is 11.6. The van der Waals surface area contributed by atoms with Gasteiger partial charge in [0, 0.05) is 6.20 Å². The van der Waals surface area contributed by atoms with E-state index >= 15 is 0 Å². The lowest BCUT2D eigenvalue weighted by Crippen LogP contribution is -2.03. The van der Waals surface area contributed by atoms with Gasteiger partial charge in [-0.2, -0.15) is 0 Å². The number of nitrogens with zero attached hydrogens (tertiary/aromatic N) is 3. The quantitative estimate of drug-likeness (QED) is 0.750. The number of fused-ring (bicyclic) bond motifs is 1. The van der Waals surface area contributed by atoms with Gasteiger partial charge in [-0.15, -0.1) is 0 Å². The van der Waals surface area contributed by atoms with E-state index in [2.05, 4.69) is 9.97 Å². The molecule has 0 aliphatic rings. The first kappa shape index (κ1) is 13.6. The standard InChI is InChI=1S/C15H13N3O2S/c1-10-5-2-3-7-12(10)18-14-11(6-4-8-16-14)17-15(18)21-9-13(19)20/h2-8H,9H2,1H3,(H,19,20). The van der Waals surface area contributed by atoms with E-state index in [0.717, 1.165) is 22.4 Å². The topological polar surface area (TPSA) is 68.0 Å². The van der Waals surface area contributed by atoms with Gasteiger partial charge in [0.25, 0.3) is 0 Å². The first-order chi connectivity index (χ1) is 10.2. The van der Waals surface area contributed by atoms with Gasteiger partial charge in [0.2, 0.25) is 0 Å². The first-order valence-electron chi connectivity index (χ1n) is 6.41. The van der Waals surface area contributed by atoms with Crippen molar-refractivity contribution < 1.29 is 9.90 Å². The van der Waals surface area contributed by atoms with Gasteiger partial charge in [-0.05, 0) is 30.7 Å². The second kappa shape index (κ2) is 5.57. The molecule has 3 aromatic rings. The van der Waals surface area contributed by atoms with Gasteiger partial charge in [0.15, 0.2) is 10.8 Å². The summed E-state index contributed by atoms with van der Waals surface area (Å²) in [5.74, 6) is -0.897. The monoisotopic (exact) mass is 299 g/mol. The summed E-state index contributed by atoms with van der Waals surface area (Å²) in [5.41, 5.74) is 3.54. The van der Waals surface area contributed by atoms with Gasteiger partial charge >= 0.3 is 5.97 Å². The molecule has 0 fully saturated rings. The zero-order valence-corrected chi connectivity index (χ0v) is 12.2. The van der Waals surface area contributed by atoms with Gasteiger partial charge in [-0.25, -0.2) is 9.97 Å². The number of thioether (sulfide) groups is 1. The van der Waals surface area contributed by atoms with Crippen molar-refractivity contribution in [2.75, 3.05) is 5.75 Å². The molecule has 0 radical (unpaired) electrons. The van der Waals surface area contributed by atoms with Crippen molar-refractivity contribution in [2.24, 2.45) is 0 Å². The van der Waals surface area contributed by atoms with Gasteiger partial charge in [0.1, 0.15) is 5.52 Å². The number of aryl methyl sites for hydroxylation is 1. The molecule has 0 saturated heterocycles. The van der Waals surface area contributed by atoms with E-state index in [1.807, 2.05) is 47.9 Å². The number of hydrogen-bond donors (Lipinski definition) is 1. The Kier molecular flexibility index (Phi) is 3.62. The summed E-state index contributed by atoms with van der Waals surface area (Å²) >= 11 is 1.20. The maximum absolute atomic E-state index is 10.8. The third-order valence-electron chi connectivity index (χ3n) is 3.07. The third kappa shape index (κ3) is 2.62. The number of carbonyl (C=O) groups is 1. The average Bonchev–Trinajstić information content (AvgIpc) is 2.84. The van der Waals surface area contributed by atoms with Crippen molar-refractivity contribution in [3.05, 3.63) is 48.2 Å². The predicted molar refractivity (Wildman–Crippen MR) is 82.0 cm³/mol. The second-order valence-electron chi connectivity index (χ2n) is 4.54. The number of para-hydroxylation sites is 1. The van der Waals surface area contributed by atoms with E-state index in [9.17, 15) is 4.79 Å². The number of carboxylic acid groups (broad SMARTS) is 1. The SMILES string of the molecule is Cc1ccccc1-n1c(SCC(=O)O)nc2cccnc21. The number of benzene rings is 1. The number of hydrogen-bond acceptors (Lipinski definition) is 4. The van der Waals surface area contributed by atoms with Crippen LogP contribution in [0.1, 0.15) is 5.56 Å². The Morgan fingerprint density at radius 1 is 1.29 bits per heavy atom. The third-order valence-corrected chi connectivity index (χ3v) is 3.99. The Morgan fingerprint density at radius 3 is 2.86 bits per heavy atom. The van der Waals surface area contributed by atoms with E-state index in [-0.39, 0.29) is 5.75 Å². The van der Waals surface area contributed by atoms with Crippen molar-refractivity contribution >= 4 is 28.9 Å². The van der Waals surface area contributed by atoms with Crippen LogP contribution >= 0.6 is 11.8 Å². The molecule has 106 valence electrons. The van der Waals surface area contributed by atoms with Crippen LogP contribution in [0.25, 0.3) is 16.9 Å². The Labute approximate surface area is 125 Å². The van der Waals surface area contributed by atoms with Crippen molar-refractivity contribution in [3.8, 4) is 5.69 Å². The minimum absolute atomic E-state index is 0.0325. The highest BCUT2D eigenvalue weighted by Gasteiger charge is 2.16. The average molecular weight is 299 g/mol. The normalized spacial score (nSPS) is 10.9. The van der Waals surface area contributed by atoms with Crippen LogP contribution in [0.5, 0.6) is 0 Å². The number of aliphatic carboxylic acids is 1. The molecular weight excluding hydrogens is 286 g/mol. The maximum Gasteiger partial charge on any atom is 0.313 e. The fourth-order valence-corrected chi connectivity index (χ4v) is 2.88. The van der Waals surface area contributed by atoms with Gasteiger partial charge in [-0.1, -0.05) is 30.0 Å². The highest BCUT2D eigenvalue weighted by Crippen LogP contribution is 2.28. The molecule has 3 rings (SSSR count). The van der Waals surface area contributed by atoms with E-state index in [4.69, 9.17) is 5.11 Å². The molecule has 6 heteroatoms. The van der Waals surface area contributed by atoms with Gasteiger partial charge < -0.3 is 5.11 Å². The van der Waals surface area contributed by atoms with E-state index in [1.165, 1.54) is 11.8 Å². The molecule has 5 nitrogen and oxygen atoms in total. The number of aromatic nitrogens is 3. The van der Waals surface area contributed by atoms with Crippen LogP contribution in [0, 0.1) is 6.92 Å². The maximum atomic E-state index is 10.8.